The number of benzene rings is 2. The van der Waals surface area contributed by atoms with Gasteiger partial charge in [-0.3, -0.25) is 4.79 Å². The van der Waals surface area contributed by atoms with E-state index >= 15 is 0 Å². The van der Waals surface area contributed by atoms with Gasteiger partial charge in [-0.05, 0) is 36.4 Å². The average Bonchev–Trinajstić information content (AvgIpc) is 2.94. The number of amides is 1. The molecule has 0 aromatic heterocycles. The largest absolute Gasteiger partial charge is 0.497 e. The molecule has 0 spiro atoms. The summed E-state index contributed by atoms with van der Waals surface area (Å²) in [6.07, 6.45) is 3.47. The van der Waals surface area contributed by atoms with Gasteiger partial charge in [0.1, 0.15) is 23.9 Å². The van der Waals surface area contributed by atoms with Gasteiger partial charge in [-0.15, -0.1) is 0 Å². The Morgan fingerprint density at radius 1 is 1.08 bits per heavy atom. The van der Waals surface area contributed by atoms with Crippen LogP contribution in [0.3, 0.4) is 0 Å². The first-order chi connectivity index (χ1) is 12.2. The highest BCUT2D eigenvalue weighted by atomic mass is 16.5. The Balaban J connectivity index is 2.01. The highest BCUT2D eigenvalue weighted by Crippen LogP contribution is 2.37. The van der Waals surface area contributed by atoms with Crippen molar-refractivity contribution < 1.29 is 19.0 Å². The summed E-state index contributed by atoms with van der Waals surface area (Å²) in [4.78, 5) is 12.4. The summed E-state index contributed by atoms with van der Waals surface area (Å²) in [7, 11) is 3.19. The van der Waals surface area contributed by atoms with E-state index in [1.807, 2.05) is 30.3 Å². The Morgan fingerprint density at radius 3 is 2.60 bits per heavy atom. The van der Waals surface area contributed by atoms with Gasteiger partial charge in [0.2, 0.25) is 0 Å². The molecule has 25 heavy (non-hydrogen) atoms. The smallest absolute Gasteiger partial charge is 0.256 e. The molecule has 2 aromatic carbocycles. The van der Waals surface area contributed by atoms with Gasteiger partial charge in [-0.25, -0.2) is 0 Å². The van der Waals surface area contributed by atoms with E-state index in [1.165, 1.54) is 0 Å². The van der Waals surface area contributed by atoms with Crippen LogP contribution in [0.15, 0.2) is 49.1 Å². The lowest BCUT2D eigenvalue weighted by molar-refractivity contribution is -0.110. The zero-order chi connectivity index (χ0) is 17.8. The van der Waals surface area contributed by atoms with Gasteiger partial charge in [0.25, 0.3) is 5.91 Å². The van der Waals surface area contributed by atoms with E-state index in [-0.39, 0.29) is 5.91 Å². The minimum atomic E-state index is -0.166. The molecule has 3 rings (SSSR count). The molecule has 128 valence electrons. The Labute approximate surface area is 146 Å². The van der Waals surface area contributed by atoms with Crippen LogP contribution in [-0.2, 0) is 4.79 Å². The number of ether oxygens (including phenoxy) is 3. The molecule has 0 aliphatic carbocycles. The second-order valence-corrected chi connectivity index (χ2v) is 5.43. The van der Waals surface area contributed by atoms with Crippen LogP contribution in [-0.4, -0.2) is 26.7 Å². The Bertz CT molecular complexity index is 855. The number of rotatable bonds is 6. The average molecular weight is 337 g/mol. The molecule has 1 aliphatic rings. The van der Waals surface area contributed by atoms with Crippen LogP contribution in [0.4, 0.5) is 5.69 Å². The Hall–Kier alpha value is -3.21. The van der Waals surface area contributed by atoms with Crippen molar-refractivity contribution in [2.75, 3.05) is 26.1 Å². The van der Waals surface area contributed by atoms with Crippen LogP contribution >= 0.6 is 0 Å². The van der Waals surface area contributed by atoms with Crippen molar-refractivity contribution in [3.63, 3.8) is 0 Å². The highest BCUT2D eigenvalue weighted by Gasteiger charge is 2.25. The third kappa shape index (κ3) is 3.35. The summed E-state index contributed by atoms with van der Waals surface area (Å²) in [5.74, 6) is 1.87. The molecule has 0 saturated heterocycles. The second-order valence-electron chi connectivity index (χ2n) is 5.43. The lowest BCUT2D eigenvalue weighted by Crippen LogP contribution is -2.03. The van der Waals surface area contributed by atoms with Crippen molar-refractivity contribution in [1.29, 1.82) is 0 Å². The predicted octanol–water partition coefficient (Wildman–Crippen LogP) is 3.76. The fourth-order valence-electron chi connectivity index (χ4n) is 2.67. The van der Waals surface area contributed by atoms with Crippen molar-refractivity contribution in [2.24, 2.45) is 0 Å². The minimum absolute atomic E-state index is 0.166. The maximum atomic E-state index is 12.4. The lowest BCUT2D eigenvalue weighted by Gasteiger charge is -2.08. The summed E-state index contributed by atoms with van der Waals surface area (Å²) in [5.41, 5.74) is 2.88. The summed E-state index contributed by atoms with van der Waals surface area (Å²) in [6, 6.07) is 11.0. The van der Waals surface area contributed by atoms with Gasteiger partial charge in [0, 0.05) is 22.8 Å². The summed E-state index contributed by atoms with van der Waals surface area (Å²) in [5, 5.41) is 2.87. The molecule has 5 nitrogen and oxygen atoms in total. The maximum absolute atomic E-state index is 12.4. The van der Waals surface area contributed by atoms with Crippen molar-refractivity contribution in [3.8, 4) is 17.2 Å². The van der Waals surface area contributed by atoms with Gasteiger partial charge in [-0.1, -0.05) is 12.7 Å². The molecule has 0 atom stereocenters. The zero-order valence-corrected chi connectivity index (χ0v) is 14.2. The molecule has 5 heteroatoms. The van der Waals surface area contributed by atoms with Crippen LogP contribution in [0.1, 0.15) is 11.1 Å². The van der Waals surface area contributed by atoms with Crippen molar-refractivity contribution >= 4 is 23.2 Å². The maximum Gasteiger partial charge on any atom is 0.256 e. The van der Waals surface area contributed by atoms with Crippen LogP contribution in [0.5, 0.6) is 17.2 Å². The standard InChI is InChI=1S/C20H19NO4/c1-4-9-25-15-5-7-16-17(20(22)21-18(16)12-15)11-13-10-14(23-2)6-8-19(13)24-3/h4-8,10-12H,1,9H2,2-3H3,(H,21,22)/b17-11+. The van der Waals surface area contributed by atoms with Gasteiger partial charge in [-0.2, -0.15) is 0 Å². The minimum Gasteiger partial charge on any atom is -0.497 e. The van der Waals surface area contributed by atoms with E-state index in [4.69, 9.17) is 14.2 Å². The molecule has 0 radical (unpaired) electrons. The molecular weight excluding hydrogens is 318 g/mol. The first-order valence-corrected chi connectivity index (χ1v) is 7.79. The third-order valence-electron chi connectivity index (χ3n) is 3.88. The normalized spacial score (nSPS) is 14.0. The number of fused-ring (bicyclic) bond motifs is 1. The molecule has 0 fully saturated rings. The topological polar surface area (TPSA) is 56.8 Å². The third-order valence-corrected chi connectivity index (χ3v) is 3.88. The van der Waals surface area contributed by atoms with Gasteiger partial charge < -0.3 is 19.5 Å². The second kappa shape index (κ2) is 7.13. The van der Waals surface area contributed by atoms with Crippen LogP contribution in [0.2, 0.25) is 0 Å². The van der Waals surface area contributed by atoms with Crippen LogP contribution in [0.25, 0.3) is 11.6 Å². The number of carbonyl (C=O) groups is 1. The number of nitrogens with one attached hydrogen (secondary N) is 1. The van der Waals surface area contributed by atoms with E-state index in [2.05, 4.69) is 11.9 Å². The van der Waals surface area contributed by atoms with E-state index < -0.39 is 0 Å². The van der Waals surface area contributed by atoms with Gasteiger partial charge in [0.05, 0.1) is 19.9 Å². The molecule has 1 N–H and O–H groups in total. The van der Waals surface area contributed by atoms with Gasteiger partial charge in [0.15, 0.2) is 0 Å². The number of hydrogen-bond acceptors (Lipinski definition) is 4. The predicted molar refractivity (Wildman–Crippen MR) is 98.2 cm³/mol. The molecule has 1 amide bonds. The highest BCUT2D eigenvalue weighted by molar-refractivity contribution is 6.35. The SMILES string of the molecule is C=CCOc1ccc2c(c1)NC(=O)/C2=C/c1cc(OC)ccc1OC. The van der Waals surface area contributed by atoms with Crippen molar-refractivity contribution in [2.45, 2.75) is 0 Å². The van der Waals surface area contributed by atoms with Crippen LogP contribution in [0, 0.1) is 0 Å². The van der Waals surface area contributed by atoms with Crippen molar-refractivity contribution in [1.82, 2.24) is 0 Å². The first-order valence-electron chi connectivity index (χ1n) is 7.79. The van der Waals surface area contributed by atoms with Gasteiger partial charge >= 0.3 is 0 Å². The lowest BCUT2D eigenvalue weighted by atomic mass is 10.0. The zero-order valence-electron chi connectivity index (χ0n) is 14.2. The molecule has 0 bridgehead atoms. The summed E-state index contributed by atoms with van der Waals surface area (Å²) >= 11 is 0. The monoisotopic (exact) mass is 337 g/mol. The number of anilines is 1. The fourth-order valence-corrected chi connectivity index (χ4v) is 2.67. The molecule has 2 aromatic rings. The molecular formula is C20H19NO4. The quantitative estimate of drug-likeness (QED) is 0.644. The molecule has 1 heterocycles. The van der Waals surface area contributed by atoms with Crippen LogP contribution < -0.4 is 19.5 Å². The first kappa shape index (κ1) is 16.6. The van der Waals surface area contributed by atoms with E-state index in [0.717, 1.165) is 16.8 Å². The van der Waals surface area contributed by atoms with E-state index in [1.54, 1.807) is 32.4 Å². The summed E-state index contributed by atoms with van der Waals surface area (Å²) in [6.45, 7) is 4.04. The molecule has 1 aliphatic heterocycles. The molecule has 0 saturated carbocycles. The Kier molecular flexibility index (Phi) is 4.75. The van der Waals surface area contributed by atoms with Crippen molar-refractivity contribution in [3.05, 3.63) is 60.2 Å². The number of hydrogen-bond donors (Lipinski definition) is 1. The fraction of sp³-hybridized carbons (Fsp3) is 0.150. The van der Waals surface area contributed by atoms with E-state index in [0.29, 0.717) is 29.4 Å². The Morgan fingerprint density at radius 2 is 1.88 bits per heavy atom. The number of carbonyl (C=O) groups excluding carboxylic acids is 1. The molecule has 0 unspecified atom stereocenters. The number of methoxy groups -OCH3 is 2. The van der Waals surface area contributed by atoms with E-state index in [9.17, 15) is 4.79 Å². The summed E-state index contributed by atoms with van der Waals surface area (Å²) < 4.78 is 16.1.